The average Bonchev–Trinajstić information content (AvgIpc) is 2.45. The van der Waals surface area contributed by atoms with E-state index in [4.69, 9.17) is 10.5 Å². The largest absolute Gasteiger partial charge is 0.466 e. The van der Waals surface area contributed by atoms with Crippen LogP contribution in [0.3, 0.4) is 0 Å². The van der Waals surface area contributed by atoms with Crippen molar-refractivity contribution in [1.29, 1.82) is 0 Å². The summed E-state index contributed by atoms with van der Waals surface area (Å²) in [6, 6.07) is 0. The molecule has 3 heteroatoms. The van der Waals surface area contributed by atoms with Crippen LogP contribution >= 0.6 is 0 Å². The van der Waals surface area contributed by atoms with Gasteiger partial charge in [0.05, 0.1) is 12.0 Å². The van der Waals surface area contributed by atoms with E-state index in [0.717, 1.165) is 31.6 Å². The van der Waals surface area contributed by atoms with E-state index in [9.17, 15) is 4.79 Å². The summed E-state index contributed by atoms with van der Waals surface area (Å²) in [5.41, 5.74) is 5.61. The van der Waals surface area contributed by atoms with E-state index in [-0.39, 0.29) is 5.97 Å². The molecule has 1 saturated carbocycles. The number of carbonyl (C=O) groups is 1. The molecule has 0 bridgehead atoms. The Morgan fingerprint density at radius 3 is 2.58 bits per heavy atom. The summed E-state index contributed by atoms with van der Waals surface area (Å²) >= 11 is 0. The first-order valence-electron chi connectivity index (χ1n) is 8.01. The minimum atomic E-state index is -0.432. The Morgan fingerprint density at radius 2 is 2.05 bits per heavy atom. The van der Waals surface area contributed by atoms with Gasteiger partial charge >= 0.3 is 5.97 Å². The minimum Gasteiger partial charge on any atom is -0.466 e. The molecule has 0 aromatic heterocycles. The SMILES string of the molecule is CCCC(CN)(C(=O)OCC)C1CCCC(CC)C1. The Hall–Kier alpha value is -0.570. The second-order valence-electron chi connectivity index (χ2n) is 5.97. The molecule has 1 fully saturated rings. The fraction of sp³-hybridized carbons (Fsp3) is 0.938. The van der Waals surface area contributed by atoms with Crippen LogP contribution in [0.5, 0.6) is 0 Å². The van der Waals surface area contributed by atoms with Crippen molar-refractivity contribution in [2.75, 3.05) is 13.2 Å². The summed E-state index contributed by atoms with van der Waals surface area (Å²) in [6.45, 7) is 7.14. The maximum atomic E-state index is 12.5. The van der Waals surface area contributed by atoms with Crippen molar-refractivity contribution in [3.63, 3.8) is 0 Å². The fourth-order valence-corrected chi connectivity index (χ4v) is 3.71. The normalized spacial score (nSPS) is 26.7. The van der Waals surface area contributed by atoms with Crippen molar-refractivity contribution in [1.82, 2.24) is 0 Å². The van der Waals surface area contributed by atoms with E-state index in [1.807, 2.05) is 6.92 Å². The van der Waals surface area contributed by atoms with E-state index in [0.29, 0.717) is 19.1 Å². The van der Waals surface area contributed by atoms with Gasteiger partial charge in [-0.2, -0.15) is 0 Å². The highest BCUT2D eigenvalue weighted by molar-refractivity contribution is 5.77. The highest BCUT2D eigenvalue weighted by atomic mass is 16.5. The van der Waals surface area contributed by atoms with E-state index < -0.39 is 5.41 Å². The molecule has 2 N–H and O–H groups in total. The van der Waals surface area contributed by atoms with Crippen LogP contribution in [0.1, 0.15) is 65.7 Å². The van der Waals surface area contributed by atoms with Crippen LogP contribution in [0.4, 0.5) is 0 Å². The van der Waals surface area contributed by atoms with Gasteiger partial charge in [-0.25, -0.2) is 0 Å². The van der Waals surface area contributed by atoms with Crippen molar-refractivity contribution in [3.8, 4) is 0 Å². The van der Waals surface area contributed by atoms with Gasteiger partial charge in [-0.15, -0.1) is 0 Å². The fourth-order valence-electron chi connectivity index (χ4n) is 3.71. The van der Waals surface area contributed by atoms with Gasteiger partial charge in [-0.1, -0.05) is 39.5 Å². The highest BCUT2D eigenvalue weighted by Crippen LogP contribution is 2.44. The first-order chi connectivity index (χ1) is 9.14. The maximum absolute atomic E-state index is 12.5. The van der Waals surface area contributed by atoms with Crippen LogP contribution in [-0.2, 0) is 9.53 Å². The summed E-state index contributed by atoms with van der Waals surface area (Å²) in [7, 11) is 0. The lowest BCUT2D eigenvalue weighted by atomic mass is 9.64. The molecule has 3 atom stereocenters. The predicted octanol–water partition coefficient (Wildman–Crippen LogP) is 3.51. The molecular formula is C16H31NO2. The van der Waals surface area contributed by atoms with Gasteiger partial charge in [0.2, 0.25) is 0 Å². The van der Waals surface area contributed by atoms with E-state index in [1.54, 1.807) is 0 Å². The first-order valence-corrected chi connectivity index (χ1v) is 8.01. The van der Waals surface area contributed by atoms with Gasteiger partial charge in [0.25, 0.3) is 0 Å². The lowest BCUT2D eigenvalue weighted by Gasteiger charge is -2.42. The standard InChI is InChI=1S/C16H31NO2/c1-4-10-16(12-17,15(18)19-6-3)14-9-7-8-13(5-2)11-14/h13-14H,4-12,17H2,1-3H3. The number of rotatable bonds is 7. The molecule has 19 heavy (non-hydrogen) atoms. The van der Waals surface area contributed by atoms with Crippen LogP contribution < -0.4 is 5.73 Å². The van der Waals surface area contributed by atoms with Crippen LogP contribution in [-0.4, -0.2) is 19.1 Å². The molecule has 3 unspecified atom stereocenters. The van der Waals surface area contributed by atoms with Crippen molar-refractivity contribution >= 4 is 5.97 Å². The van der Waals surface area contributed by atoms with Crippen molar-refractivity contribution in [3.05, 3.63) is 0 Å². The average molecular weight is 269 g/mol. The summed E-state index contributed by atoms with van der Waals surface area (Å²) in [5, 5.41) is 0. The van der Waals surface area contributed by atoms with E-state index in [2.05, 4.69) is 13.8 Å². The highest BCUT2D eigenvalue weighted by Gasteiger charge is 2.46. The zero-order chi connectivity index (χ0) is 14.3. The number of carbonyl (C=O) groups excluding carboxylic acids is 1. The van der Waals surface area contributed by atoms with Crippen LogP contribution in [0.15, 0.2) is 0 Å². The number of ether oxygens (including phenoxy) is 1. The third kappa shape index (κ3) is 3.71. The van der Waals surface area contributed by atoms with Crippen molar-refractivity contribution in [2.45, 2.75) is 65.7 Å². The molecule has 0 aromatic carbocycles. The second-order valence-corrected chi connectivity index (χ2v) is 5.97. The minimum absolute atomic E-state index is 0.0545. The molecule has 112 valence electrons. The molecule has 0 aliphatic heterocycles. The lowest BCUT2D eigenvalue weighted by molar-refractivity contribution is -0.160. The quantitative estimate of drug-likeness (QED) is 0.720. The summed E-state index contributed by atoms with van der Waals surface area (Å²) < 4.78 is 5.35. The van der Waals surface area contributed by atoms with Crippen LogP contribution in [0, 0.1) is 17.3 Å². The third-order valence-corrected chi connectivity index (χ3v) is 4.88. The predicted molar refractivity (Wildman–Crippen MR) is 78.8 cm³/mol. The lowest BCUT2D eigenvalue weighted by Crippen LogP contribution is -2.47. The monoisotopic (exact) mass is 269 g/mol. The Morgan fingerprint density at radius 1 is 1.32 bits per heavy atom. The molecule has 0 saturated heterocycles. The second kappa shape index (κ2) is 7.88. The number of nitrogens with two attached hydrogens (primary N) is 1. The Labute approximate surface area is 118 Å². The maximum Gasteiger partial charge on any atom is 0.313 e. The van der Waals surface area contributed by atoms with Crippen LogP contribution in [0.25, 0.3) is 0 Å². The Balaban J connectivity index is 2.90. The molecule has 0 radical (unpaired) electrons. The molecule has 1 aliphatic carbocycles. The van der Waals surface area contributed by atoms with Gasteiger partial charge in [-0.3, -0.25) is 4.79 Å². The summed E-state index contributed by atoms with van der Waals surface area (Å²) in [6.07, 6.45) is 7.88. The number of hydrogen-bond donors (Lipinski definition) is 1. The first kappa shape index (κ1) is 16.5. The zero-order valence-electron chi connectivity index (χ0n) is 12.9. The molecule has 1 aliphatic rings. The molecular weight excluding hydrogens is 238 g/mol. The Bertz CT molecular complexity index is 280. The van der Waals surface area contributed by atoms with E-state index in [1.165, 1.54) is 19.3 Å². The molecule has 1 rings (SSSR count). The van der Waals surface area contributed by atoms with E-state index >= 15 is 0 Å². The van der Waals surface area contributed by atoms with Gasteiger partial charge in [0.1, 0.15) is 0 Å². The number of esters is 1. The third-order valence-electron chi connectivity index (χ3n) is 4.88. The van der Waals surface area contributed by atoms with Crippen molar-refractivity contribution < 1.29 is 9.53 Å². The molecule has 0 aromatic rings. The zero-order valence-corrected chi connectivity index (χ0v) is 12.9. The summed E-state index contributed by atoms with van der Waals surface area (Å²) in [5.74, 6) is 1.12. The van der Waals surface area contributed by atoms with Gasteiger partial charge in [-0.05, 0) is 38.0 Å². The smallest absolute Gasteiger partial charge is 0.313 e. The van der Waals surface area contributed by atoms with Crippen LogP contribution in [0.2, 0.25) is 0 Å². The molecule has 0 spiro atoms. The molecule has 0 heterocycles. The number of hydrogen-bond acceptors (Lipinski definition) is 3. The van der Waals surface area contributed by atoms with Crippen molar-refractivity contribution in [2.24, 2.45) is 23.0 Å². The Kier molecular flexibility index (Phi) is 6.84. The molecule has 3 nitrogen and oxygen atoms in total. The van der Waals surface area contributed by atoms with Gasteiger partial charge < -0.3 is 10.5 Å². The summed E-state index contributed by atoms with van der Waals surface area (Å²) in [4.78, 5) is 12.5. The van der Waals surface area contributed by atoms with Gasteiger partial charge in [0, 0.05) is 6.54 Å². The van der Waals surface area contributed by atoms with Gasteiger partial charge in [0.15, 0.2) is 0 Å². The molecule has 0 amide bonds. The topological polar surface area (TPSA) is 52.3 Å².